The van der Waals surface area contributed by atoms with Gasteiger partial charge in [0.25, 0.3) is 0 Å². The van der Waals surface area contributed by atoms with Gasteiger partial charge in [0.15, 0.2) is 0 Å². The minimum Gasteiger partial charge on any atom is -0.481 e. The zero-order valence-corrected chi connectivity index (χ0v) is 44.3. The maximum Gasteiger partial charge on any atom is 0.331 e. The summed E-state index contributed by atoms with van der Waals surface area (Å²) in [6.45, 7) is 19.7. The Balaban J connectivity index is 2.88. The quantitative estimate of drug-likeness (QED) is 0.0418. The summed E-state index contributed by atoms with van der Waals surface area (Å²) in [4.78, 5) is 52.1. The normalized spacial score (nSPS) is 14.7. The molecule has 0 aliphatic heterocycles. The fourth-order valence-electron chi connectivity index (χ4n) is 6.26. The van der Waals surface area contributed by atoms with Gasteiger partial charge in [0.05, 0.1) is 19.3 Å². The Morgan fingerprint density at radius 1 is 0.618 bits per heavy atom. The monoisotopic (exact) mass is 1020 g/mol. The molecule has 0 unspecified atom stereocenters. The predicted octanol–water partition coefficient (Wildman–Crippen LogP) is 7.75. The number of esters is 1. The number of hydrogen-bond acceptors (Lipinski definition) is 13. The molecule has 374 valence electrons. The topological polar surface area (TPSA) is 231 Å². The zero-order chi connectivity index (χ0) is 52.3. The molecule has 0 bridgehead atoms. The largest absolute Gasteiger partial charge is 0.481 e. The molecule has 0 aliphatic rings. The third kappa shape index (κ3) is 14.3. The third-order valence-electron chi connectivity index (χ3n) is 10.9. The van der Waals surface area contributed by atoms with Crippen LogP contribution < -0.4 is 9.47 Å². The molecule has 0 amide bonds. The summed E-state index contributed by atoms with van der Waals surface area (Å²) in [6.07, 6.45) is 3.29. The second-order valence-electron chi connectivity index (χ2n) is 18.5. The van der Waals surface area contributed by atoms with Crippen LogP contribution in [-0.4, -0.2) is 117 Å². The number of ether oxygens (including phenoxy) is 3. The molecular weight excluding hydrogens is 957 g/mol. The number of rotatable bonds is 23. The molecule has 0 heterocycles. The highest BCUT2D eigenvalue weighted by atomic mass is 33.1. The van der Waals surface area contributed by atoms with Gasteiger partial charge in [-0.25, -0.2) is 26.4 Å². The van der Waals surface area contributed by atoms with Crippen molar-refractivity contribution in [1.82, 2.24) is 8.61 Å². The standard InChI is InChI=1S/C48H64N2O14S4/c1-15-17-32-62-34-21-25-36(26-22-34)67(58,59)49(30-19-20-39(51)64-44(6,7)8)47(13,41(54)55)45(9,10)65-66-46(11,12)48(14,42(56)57)50(31-29-38(40(52)53)43(3,4)5)68(60,61)37-27-23-35(24-28-37)63-33-18-16-2/h19-29H,30-33H2,1-14H3,(H,52,53)(H,54,55)(H,56,57)/t47-,48-/m0/s1. The van der Waals surface area contributed by atoms with Crippen LogP contribution in [0.15, 0.2) is 82.1 Å². The van der Waals surface area contributed by atoms with Crippen LogP contribution in [0, 0.1) is 29.1 Å². The zero-order valence-electron chi connectivity index (χ0n) is 41.0. The Bertz CT molecular complexity index is 2570. The van der Waals surface area contributed by atoms with E-state index in [4.69, 9.17) is 14.2 Å². The van der Waals surface area contributed by atoms with Crippen molar-refractivity contribution in [2.75, 3.05) is 26.3 Å². The van der Waals surface area contributed by atoms with Crippen LogP contribution in [0.25, 0.3) is 0 Å². The molecule has 3 N–H and O–H groups in total. The second-order valence-corrected chi connectivity index (χ2v) is 25.6. The minimum absolute atomic E-state index is 0.0201. The molecule has 16 nitrogen and oxygen atoms in total. The van der Waals surface area contributed by atoms with Crippen LogP contribution in [0.5, 0.6) is 11.5 Å². The second kappa shape index (κ2) is 23.1. The van der Waals surface area contributed by atoms with Crippen LogP contribution in [0.4, 0.5) is 0 Å². The van der Waals surface area contributed by atoms with E-state index in [1.807, 2.05) is 0 Å². The average molecular weight is 1020 g/mol. The fraction of sp³-hybridized carbons (Fsp3) is 0.500. The van der Waals surface area contributed by atoms with E-state index in [9.17, 15) is 51.3 Å². The molecule has 0 saturated heterocycles. The highest BCUT2D eigenvalue weighted by molar-refractivity contribution is 8.77. The number of nitrogens with zero attached hydrogens (tertiary/aromatic N) is 2. The molecule has 2 aromatic carbocycles. The van der Waals surface area contributed by atoms with Crippen molar-refractivity contribution in [1.29, 1.82) is 0 Å². The summed E-state index contributed by atoms with van der Waals surface area (Å²) in [5.74, 6) is 5.96. The van der Waals surface area contributed by atoms with Gasteiger partial charge in [-0.15, -0.1) is 11.8 Å². The molecule has 0 aromatic heterocycles. The summed E-state index contributed by atoms with van der Waals surface area (Å²) in [5, 5.41) is 32.5. The van der Waals surface area contributed by atoms with Crippen molar-refractivity contribution >= 4 is 65.5 Å². The van der Waals surface area contributed by atoms with Crippen LogP contribution in [0.1, 0.15) is 96.9 Å². The van der Waals surface area contributed by atoms with Gasteiger partial charge in [-0.05, 0) is 130 Å². The van der Waals surface area contributed by atoms with E-state index in [0.29, 0.717) is 8.61 Å². The summed E-state index contributed by atoms with van der Waals surface area (Å²) in [6, 6.07) is 10.4. The SMILES string of the molecule is CC#CCOc1ccc(S(=O)(=O)N(CC=CC(=O)OC(C)(C)C)[C@@](C)(C(=O)O)C(C)(C)SSC(C)(C)[C@](C)(C(=O)O)N(CC=C(C(=O)O)C(C)(C)C)S(=O)(=O)c2ccc(OCC#CC)cc2)cc1. The van der Waals surface area contributed by atoms with Crippen molar-refractivity contribution in [2.24, 2.45) is 5.41 Å². The Labute approximate surface area is 409 Å². The van der Waals surface area contributed by atoms with E-state index < -0.39 is 88.6 Å². The number of carbonyl (C=O) groups is 4. The molecule has 0 spiro atoms. The smallest absolute Gasteiger partial charge is 0.331 e. The van der Waals surface area contributed by atoms with E-state index >= 15 is 0 Å². The first-order valence-electron chi connectivity index (χ1n) is 21.1. The summed E-state index contributed by atoms with van der Waals surface area (Å²) in [7, 11) is -8.02. The molecule has 0 radical (unpaired) electrons. The predicted molar refractivity (Wildman–Crippen MR) is 264 cm³/mol. The average Bonchev–Trinajstić information content (AvgIpc) is 3.21. The maximum absolute atomic E-state index is 14.8. The van der Waals surface area contributed by atoms with E-state index in [-0.39, 0.29) is 40.1 Å². The number of carboxylic acid groups (broad SMARTS) is 3. The van der Waals surface area contributed by atoms with Gasteiger partial charge in [0.2, 0.25) is 20.0 Å². The van der Waals surface area contributed by atoms with Crippen molar-refractivity contribution in [3.8, 4) is 35.2 Å². The van der Waals surface area contributed by atoms with Crippen LogP contribution >= 0.6 is 21.6 Å². The summed E-state index contributed by atoms with van der Waals surface area (Å²) >= 11 is 0. The lowest BCUT2D eigenvalue weighted by Crippen LogP contribution is -2.66. The van der Waals surface area contributed by atoms with E-state index in [2.05, 4.69) is 23.7 Å². The van der Waals surface area contributed by atoms with E-state index in [1.54, 1.807) is 55.4 Å². The lowest BCUT2D eigenvalue weighted by molar-refractivity contribution is -0.149. The molecule has 0 fully saturated rings. The molecular formula is C48H64N2O14S4. The molecule has 20 heteroatoms. The van der Waals surface area contributed by atoms with Gasteiger partial charge in [0.1, 0.15) is 41.4 Å². The number of carboxylic acids is 3. The van der Waals surface area contributed by atoms with Crippen molar-refractivity contribution < 1.29 is 65.5 Å². The Morgan fingerprint density at radius 2 is 0.985 bits per heavy atom. The molecule has 2 aromatic rings. The first-order valence-corrected chi connectivity index (χ1v) is 26.1. The first-order chi connectivity index (χ1) is 31.1. The van der Waals surface area contributed by atoms with Crippen LogP contribution in [0.3, 0.4) is 0 Å². The highest BCUT2D eigenvalue weighted by Gasteiger charge is 2.60. The lowest BCUT2D eigenvalue weighted by atomic mass is 9.85. The van der Waals surface area contributed by atoms with Gasteiger partial charge in [0, 0.05) is 24.7 Å². The molecule has 68 heavy (non-hydrogen) atoms. The Hall–Kier alpha value is -4.96. The van der Waals surface area contributed by atoms with Gasteiger partial charge in [-0.3, -0.25) is 9.59 Å². The van der Waals surface area contributed by atoms with Crippen molar-refractivity contribution in [3.05, 3.63) is 72.3 Å². The molecule has 2 rings (SSSR count). The molecule has 0 aliphatic carbocycles. The van der Waals surface area contributed by atoms with E-state index in [1.165, 1.54) is 83.1 Å². The number of sulfonamides is 2. The maximum atomic E-state index is 14.8. The molecule has 0 saturated carbocycles. The fourth-order valence-corrected chi connectivity index (χ4v) is 13.3. The third-order valence-corrected chi connectivity index (χ3v) is 19.3. The highest BCUT2D eigenvalue weighted by Crippen LogP contribution is 2.55. The summed E-state index contributed by atoms with van der Waals surface area (Å²) < 4.78 is 73.5. The van der Waals surface area contributed by atoms with Gasteiger partial charge < -0.3 is 29.5 Å². The number of aliphatic carboxylic acids is 3. The Kier molecular flexibility index (Phi) is 20.1. The first kappa shape index (κ1) is 59.2. The van der Waals surface area contributed by atoms with Gasteiger partial charge in [-0.1, -0.05) is 66.4 Å². The lowest BCUT2D eigenvalue weighted by Gasteiger charge is -2.50. The van der Waals surface area contributed by atoms with Crippen molar-refractivity contribution in [3.63, 3.8) is 0 Å². The van der Waals surface area contributed by atoms with Crippen LogP contribution in [-0.2, 0) is 44.0 Å². The molecule has 2 atom stereocenters. The minimum atomic E-state index is -4.83. The summed E-state index contributed by atoms with van der Waals surface area (Å²) in [5.41, 5.74) is -6.96. The van der Waals surface area contributed by atoms with Gasteiger partial charge in [-0.2, -0.15) is 8.61 Å². The van der Waals surface area contributed by atoms with E-state index in [0.717, 1.165) is 46.7 Å². The van der Waals surface area contributed by atoms with Gasteiger partial charge >= 0.3 is 23.9 Å². The van der Waals surface area contributed by atoms with Crippen molar-refractivity contribution in [2.45, 2.75) is 133 Å². The Morgan fingerprint density at radius 3 is 1.29 bits per heavy atom. The number of benzene rings is 2. The number of carbonyl (C=O) groups excluding carboxylic acids is 1. The van der Waals surface area contributed by atoms with Crippen LogP contribution in [0.2, 0.25) is 0 Å². The number of hydrogen-bond donors (Lipinski definition) is 3.